The normalized spacial score (nSPS) is 13.6. The quantitative estimate of drug-likeness (QED) is 0.631. The second-order valence-electron chi connectivity index (χ2n) is 5.29. The van der Waals surface area contributed by atoms with Gasteiger partial charge in [0.05, 0.1) is 6.04 Å². The molecular weight excluding hydrogens is 280 g/mol. The summed E-state index contributed by atoms with van der Waals surface area (Å²) in [5, 5.41) is 6.36. The summed E-state index contributed by atoms with van der Waals surface area (Å²) in [4.78, 5) is 26.9. The number of nitrogens with two attached hydrogens (primary N) is 1. The standard InChI is InChI=1S/C16H22N4O2/c1-3-18-15(21)10(2)20-16(22)13(17)8-11-9-19-14-7-5-4-6-12(11)14/h4-7,9-10,13,19H,3,8,17H2,1-2H3,(H,18,21)(H,20,22)/t10?,13-/m0/s1. The van der Waals surface area contributed by atoms with Gasteiger partial charge in [0.25, 0.3) is 0 Å². The predicted molar refractivity (Wildman–Crippen MR) is 86.3 cm³/mol. The van der Waals surface area contributed by atoms with Gasteiger partial charge in [-0.15, -0.1) is 0 Å². The Morgan fingerprint density at radius 2 is 2.00 bits per heavy atom. The SMILES string of the molecule is CCNC(=O)C(C)NC(=O)[C@@H](N)Cc1c[nH]c2ccccc12. The third kappa shape index (κ3) is 3.65. The van der Waals surface area contributed by atoms with Gasteiger partial charge in [0, 0.05) is 23.6 Å². The molecule has 6 nitrogen and oxygen atoms in total. The summed E-state index contributed by atoms with van der Waals surface area (Å²) in [7, 11) is 0. The van der Waals surface area contributed by atoms with Crippen molar-refractivity contribution in [1.82, 2.24) is 15.6 Å². The Morgan fingerprint density at radius 3 is 2.73 bits per heavy atom. The molecule has 1 heterocycles. The van der Waals surface area contributed by atoms with Crippen LogP contribution < -0.4 is 16.4 Å². The van der Waals surface area contributed by atoms with Gasteiger partial charge in [0.1, 0.15) is 6.04 Å². The lowest BCUT2D eigenvalue weighted by molar-refractivity contribution is -0.129. The van der Waals surface area contributed by atoms with E-state index in [2.05, 4.69) is 15.6 Å². The van der Waals surface area contributed by atoms with Crippen LogP contribution in [0.1, 0.15) is 19.4 Å². The lowest BCUT2D eigenvalue weighted by Crippen LogP contribution is -2.50. The summed E-state index contributed by atoms with van der Waals surface area (Å²) < 4.78 is 0. The highest BCUT2D eigenvalue weighted by Gasteiger charge is 2.20. The van der Waals surface area contributed by atoms with Crippen LogP contribution in [-0.4, -0.2) is 35.4 Å². The number of nitrogens with one attached hydrogen (secondary N) is 3. The van der Waals surface area contributed by atoms with Crippen molar-refractivity contribution in [3.05, 3.63) is 36.0 Å². The number of rotatable bonds is 6. The number of aromatic nitrogens is 1. The molecule has 0 saturated carbocycles. The molecule has 5 N–H and O–H groups in total. The largest absolute Gasteiger partial charge is 0.361 e. The maximum Gasteiger partial charge on any atom is 0.242 e. The number of carbonyl (C=O) groups is 2. The van der Waals surface area contributed by atoms with E-state index in [0.29, 0.717) is 13.0 Å². The number of benzene rings is 1. The van der Waals surface area contributed by atoms with Crippen LogP contribution in [-0.2, 0) is 16.0 Å². The van der Waals surface area contributed by atoms with Gasteiger partial charge in [0.15, 0.2) is 0 Å². The molecule has 2 aromatic rings. The molecule has 0 fully saturated rings. The lowest BCUT2D eigenvalue weighted by Gasteiger charge is -2.16. The molecule has 2 atom stereocenters. The summed E-state index contributed by atoms with van der Waals surface area (Å²) in [6.07, 6.45) is 2.28. The van der Waals surface area contributed by atoms with Crippen molar-refractivity contribution < 1.29 is 9.59 Å². The smallest absolute Gasteiger partial charge is 0.242 e. The molecule has 22 heavy (non-hydrogen) atoms. The van der Waals surface area contributed by atoms with Crippen LogP contribution in [0.5, 0.6) is 0 Å². The van der Waals surface area contributed by atoms with Gasteiger partial charge in [-0.05, 0) is 31.9 Å². The molecule has 0 bridgehead atoms. The zero-order valence-electron chi connectivity index (χ0n) is 12.8. The topological polar surface area (TPSA) is 100 Å². The van der Waals surface area contributed by atoms with Crippen LogP contribution in [0.2, 0.25) is 0 Å². The molecule has 118 valence electrons. The Hall–Kier alpha value is -2.34. The molecule has 6 heteroatoms. The van der Waals surface area contributed by atoms with Crippen LogP contribution in [0.3, 0.4) is 0 Å². The van der Waals surface area contributed by atoms with E-state index in [4.69, 9.17) is 5.73 Å². The first-order valence-electron chi connectivity index (χ1n) is 7.41. The van der Waals surface area contributed by atoms with Gasteiger partial charge in [-0.3, -0.25) is 9.59 Å². The van der Waals surface area contributed by atoms with E-state index in [1.54, 1.807) is 6.92 Å². The molecule has 0 aliphatic carbocycles. The maximum atomic E-state index is 12.1. The van der Waals surface area contributed by atoms with Crippen molar-refractivity contribution in [3.8, 4) is 0 Å². The molecule has 0 aliphatic heterocycles. The number of carbonyl (C=O) groups excluding carboxylic acids is 2. The molecule has 1 unspecified atom stereocenters. The molecule has 2 amide bonds. The van der Waals surface area contributed by atoms with Crippen LogP contribution in [0.25, 0.3) is 10.9 Å². The third-order valence-corrected chi connectivity index (χ3v) is 3.55. The van der Waals surface area contributed by atoms with Crippen molar-refractivity contribution >= 4 is 22.7 Å². The number of amides is 2. The molecular formula is C16H22N4O2. The molecule has 1 aromatic carbocycles. The number of hydrogen-bond donors (Lipinski definition) is 4. The first-order valence-corrected chi connectivity index (χ1v) is 7.41. The number of para-hydroxylation sites is 1. The highest BCUT2D eigenvalue weighted by molar-refractivity contribution is 5.90. The predicted octanol–water partition coefficient (Wildman–Crippen LogP) is 0.679. The van der Waals surface area contributed by atoms with Crippen molar-refractivity contribution in [1.29, 1.82) is 0 Å². The number of likely N-dealkylation sites (N-methyl/N-ethyl adjacent to an activating group) is 1. The second-order valence-corrected chi connectivity index (χ2v) is 5.29. The van der Waals surface area contributed by atoms with E-state index in [1.807, 2.05) is 37.4 Å². The minimum atomic E-state index is -0.698. The number of hydrogen-bond acceptors (Lipinski definition) is 3. The van der Waals surface area contributed by atoms with Crippen LogP contribution >= 0.6 is 0 Å². The minimum Gasteiger partial charge on any atom is -0.361 e. The van der Waals surface area contributed by atoms with Crippen molar-refractivity contribution in [2.24, 2.45) is 5.73 Å². The highest BCUT2D eigenvalue weighted by Crippen LogP contribution is 2.18. The summed E-state index contributed by atoms with van der Waals surface area (Å²) in [6.45, 7) is 4.00. The Labute approximate surface area is 129 Å². The van der Waals surface area contributed by atoms with Gasteiger partial charge in [-0.25, -0.2) is 0 Å². The van der Waals surface area contributed by atoms with Crippen LogP contribution in [0, 0.1) is 0 Å². The lowest BCUT2D eigenvalue weighted by atomic mass is 10.0. The summed E-state index contributed by atoms with van der Waals surface area (Å²) >= 11 is 0. The van der Waals surface area contributed by atoms with Crippen molar-refractivity contribution in [2.75, 3.05) is 6.54 Å². The first kappa shape index (κ1) is 16.0. The number of H-pyrrole nitrogens is 1. The van der Waals surface area contributed by atoms with E-state index in [1.165, 1.54) is 0 Å². The number of aromatic amines is 1. The van der Waals surface area contributed by atoms with Gasteiger partial charge >= 0.3 is 0 Å². The number of fused-ring (bicyclic) bond motifs is 1. The average Bonchev–Trinajstić information content (AvgIpc) is 2.90. The van der Waals surface area contributed by atoms with Crippen LogP contribution in [0.15, 0.2) is 30.5 Å². The average molecular weight is 302 g/mol. The molecule has 0 spiro atoms. The van der Waals surface area contributed by atoms with Gasteiger partial charge < -0.3 is 21.4 Å². The molecule has 0 saturated heterocycles. The third-order valence-electron chi connectivity index (χ3n) is 3.55. The van der Waals surface area contributed by atoms with Gasteiger partial charge in [-0.1, -0.05) is 18.2 Å². The van der Waals surface area contributed by atoms with Gasteiger partial charge in [-0.2, -0.15) is 0 Å². The second kappa shape index (κ2) is 7.09. The summed E-state index contributed by atoms with van der Waals surface area (Å²) in [6, 6.07) is 6.56. The molecule has 2 rings (SSSR count). The summed E-state index contributed by atoms with van der Waals surface area (Å²) in [5.41, 5.74) is 7.97. The zero-order chi connectivity index (χ0) is 16.1. The van der Waals surface area contributed by atoms with E-state index < -0.39 is 12.1 Å². The van der Waals surface area contributed by atoms with Gasteiger partial charge in [0.2, 0.25) is 11.8 Å². The fourth-order valence-electron chi connectivity index (χ4n) is 2.34. The Morgan fingerprint density at radius 1 is 1.27 bits per heavy atom. The van der Waals surface area contributed by atoms with Crippen molar-refractivity contribution in [3.63, 3.8) is 0 Å². The molecule has 1 aromatic heterocycles. The first-order chi connectivity index (χ1) is 10.5. The fourth-order valence-corrected chi connectivity index (χ4v) is 2.34. The highest BCUT2D eigenvalue weighted by atomic mass is 16.2. The molecule has 0 radical (unpaired) electrons. The Kier molecular flexibility index (Phi) is 5.16. The van der Waals surface area contributed by atoms with Crippen LogP contribution in [0.4, 0.5) is 0 Å². The Balaban J connectivity index is 1.98. The monoisotopic (exact) mass is 302 g/mol. The van der Waals surface area contributed by atoms with Crippen molar-refractivity contribution in [2.45, 2.75) is 32.4 Å². The van der Waals surface area contributed by atoms with E-state index in [9.17, 15) is 9.59 Å². The maximum absolute atomic E-state index is 12.1. The minimum absolute atomic E-state index is 0.213. The summed E-state index contributed by atoms with van der Waals surface area (Å²) in [5.74, 6) is -0.542. The zero-order valence-corrected chi connectivity index (χ0v) is 12.8. The van der Waals surface area contributed by atoms with E-state index in [0.717, 1.165) is 16.5 Å². The van der Waals surface area contributed by atoms with E-state index in [-0.39, 0.29) is 11.8 Å². The Bertz CT molecular complexity index is 665. The molecule has 0 aliphatic rings. The fraction of sp³-hybridized carbons (Fsp3) is 0.375. The van der Waals surface area contributed by atoms with E-state index >= 15 is 0 Å².